The fraction of sp³-hybridized carbons (Fsp3) is 0.125. The number of nitrogens with zero attached hydrogens (tertiary/aromatic N) is 2. The highest BCUT2D eigenvalue weighted by Gasteiger charge is 2.06. The van der Waals surface area contributed by atoms with Crippen LogP contribution in [0.25, 0.3) is 22.2 Å². The largest absolute Gasteiger partial charge is 0.392 e. The number of aliphatic hydroxyl groups excluding tert-OH is 1. The Hall–Kier alpha value is -2.26. The maximum absolute atomic E-state index is 9.34. The van der Waals surface area contributed by atoms with Gasteiger partial charge in [-0.2, -0.15) is 0 Å². The fourth-order valence-corrected chi connectivity index (χ4v) is 2.30. The Morgan fingerprint density at radius 2 is 1.79 bits per heavy atom. The lowest BCUT2D eigenvalue weighted by Gasteiger charge is -2.10. The van der Waals surface area contributed by atoms with Crippen LogP contribution in [0, 0.1) is 6.92 Å². The van der Waals surface area contributed by atoms with Crippen molar-refractivity contribution in [3.8, 4) is 11.1 Å². The van der Waals surface area contributed by atoms with Crippen LogP contribution in [-0.2, 0) is 6.61 Å². The van der Waals surface area contributed by atoms with Gasteiger partial charge >= 0.3 is 0 Å². The number of hydrogen-bond donors (Lipinski definition) is 1. The lowest BCUT2D eigenvalue weighted by Crippen LogP contribution is -1.92. The summed E-state index contributed by atoms with van der Waals surface area (Å²) in [5.74, 6) is 0. The molecule has 0 radical (unpaired) electrons. The summed E-state index contributed by atoms with van der Waals surface area (Å²) in [4.78, 5) is 8.60. The van der Waals surface area contributed by atoms with Crippen molar-refractivity contribution in [3.05, 3.63) is 59.9 Å². The molecule has 1 aromatic heterocycles. The van der Waals surface area contributed by atoms with E-state index in [1.54, 1.807) is 12.4 Å². The molecule has 3 nitrogen and oxygen atoms in total. The van der Waals surface area contributed by atoms with E-state index in [4.69, 9.17) is 0 Å². The molecule has 3 heteroatoms. The van der Waals surface area contributed by atoms with Crippen LogP contribution >= 0.6 is 0 Å². The topological polar surface area (TPSA) is 46.0 Å². The Kier molecular flexibility index (Phi) is 2.97. The van der Waals surface area contributed by atoms with Crippen LogP contribution in [0.4, 0.5) is 0 Å². The van der Waals surface area contributed by atoms with Gasteiger partial charge in [0.2, 0.25) is 0 Å². The number of rotatable bonds is 2. The zero-order chi connectivity index (χ0) is 13.2. The van der Waals surface area contributed by atoms with Crippen molar-refractivity contribution < 1.29 is 5.11 Å². The standard InChI is InChI=1S/C16H14N2O/c1-11-13(10-19)3-2-4-14(11)12-5-6-15-16(9-12)18-8-7-17-15/h2-9,19H,10H2,1H3. The summed E-state index contributed by atoms with van der Waals surface area (Å²) in [6, 6.07) is 12.0. The molecule has 0 unspecified atom stereocenters. The zero-order valence-electron chi connectivity index (χ0n) is 10.7. The van der Waals surface area contributed by atoms with Crippen molar-refractivity contribution in [2.75, 3.05) is 0 Å². The molecule has 19 heavy (non-hydrogen) atoms. The highest BCUT2D eigenvalue weighted by atomic mass is 16.3. The van der Waals surface area contributed by atoms with E-state index in [-0.39, 0.29) is 6.61 Å². The highest BCUT2D eigenvalue weighted by molar-refractivity contribution is 5.82. The highest BCUT2D eigenvalue weighted by Crippen LogP contribution is 2.27. The maximum Gasteiger partial charge on any atom is 0.0892 e. The molecule has 0 bridgehead atoms. The van der Waals surface area contributed by atoms with E-state index in [2.05, 4.69) is 16.0 Å². The summed E-state index contributed by atoms with van der Waals surface area (Å²) >= 11 is 0. The van der Waals surface area contributed by atoms with Crippen LogP contribution in [-0.4, -0.2) is 15.1 Å². The normalized spacial score (nSPS) is 10.8. The quantitative estimate of drug-likeness (QED) is 0.760. The minimum atomic E-state index is 0.0626. The third-order valence-corrected chi connectivity index (χ3v) is 3.40. The molecule has 2 aromatic carbocycles. The first-order valence-corrected chi connectivity index (χ1v) is 6.20. The number of fused-ring (bicyclic) bond motifs is 1. The Morgan fingerprint density at radius 1 is 1.00 bits per heavy atom. The van der Waals surface area contributed by atoms with E-state index in [1.165, 1.54) is 0 Å². The Balaban J connectivity index is 2.19. The van der Waals surface area contributed by atoms with Gasteiger partial charge in [-0.15, -0.1) is 0 Å². The first-order chi connectivity index (χ1) is 9.29. The lowest BCUT2D eigenvalue weighted by molar-refractivity contribution is 0.281. The molecule has 0 amide bonds. The minimum absolute atomic E-state index is 0.0626. The van der Waals surface area contributed by atoms with Crippen molar-refractivity contribution in [1.29, 1.82) is 0 Å². The van der Waals surface area contributed by atoms with Gasteiger partial charge in [0, 0.05) is 12.4 Å². The average molecular weight is 250 g/mol. The van der Waals surface area contributed by atoms with Gasteiger partial charge in [-0.1, -0.05) is 24.3 Å². The van der Waals surface area contributed by atoms with Gasteiger partial charge in [0.25, 0.3) is 0 Å². The molecule has 0 aliphatic rings. The minimum Gasteiger partial charge on any atom is -0.392 e. The first kappa shape index (κ1) is 11.8. The molecule has 0 aliphatic heterocycles. The second-order valence-corrected chi connectivity index (χ2v) is 4.51. The van der Waals surface area contributed by atoms with Crippen molar-refractivity contribution in [2.45, 2.75) is 13.5 Å². The number of aliphatic hydroxyl groups is 1. The molecule has 0 saturated heterocycles. The van der Waals surface area contributed by atoms with Crippen LogP contribution in [0.2, 0.25) is 0 Å². The van der Waals surface area contributed by atoms with Gasteiger partial charge in [-0.25, -0.2) is 0 Å². The molecular formula is C16H14N2O. The number of benzene rings is 2. The third kappa shape index (κ3) is 2.09. The molecule has 3 aromatic rings. The van der Waals surface area contributed by atoms with Gasteiger partial charge in [0.15, 0.2) is 0 Å². The van der Waals surface area contributed by atoms with Crippen LogP contribution in [0.3, 0.4) is 0 Å². The summed E-state index contributed by atoms with van der Waals surface area (Å²) in [7, 11) is 0. The van der Waals surface area contributed by atoms with Gasteiger partial charge < -0.3 is 5.11 Å². The van der Waals surface area contributed by atoms with Crippen LogP contribution in [0.15, 0.2) is 48.8 Å². The molecule has 1 N–H and O–H groups in total. The Bertz CT molecular complexity index is 738. The van der Waals surface area contributed by atoms with Gasteiger partial charge in [0.05, 0.1) is 17.6 Å². The smallest absolute Gasteiger partial charge is 0.0892 e. The molecule has 0 spiro atoms. The SMILES string of the molecule is Cc1c(CO)cccc1-c1ccc2nccnc2c1. The summed E-state index contributed by atoms with van der Waals surface area (Å²) in [5, 5.41) is 9.34. The van der Waals surface area contributed by atoms with Crippen molar-refractivity contribution in [1.82, 2.24) is 9.97 Å². The third-order valence-electron chi connectivity index (χ3n) is 3.40. The molecule has 94 valence electrons. The van der Waals surface area contributed by atoms with E-state index >= 15 is 0 Å². The number of hydrogen-bond acceptors (Lipinski definition) is 3. The average Bonchev–Trinajstić information content (AvgIpc) is 2.47. The molecule has 0 atom stereocenters. The monoisotopic (exact) mass is 250 g/mol. The van der Waals surface area contributed by atoms with Gasteiger partial charge in [-0.05, 0) is 41.3 Å². The summed E-state index contributed by atoms with van der Waals surface area (Å²) in [6.45, 7) is 2.09. The van der Waals surface area contributed by atoms with Crippen molar-refractivity contribution in [2.24, 2.45) is 0 Å². The van der Waals surface area contributed by atoms with Gasteiger partial charge in [-0.3, -0.25) is 9.97 Å². The predicted molar refractivity (Wildman–Crippen MR) is 75.6 cm³/mol. The van der Waals surface area contributed by atoms with Crippen LogP contribution < -0.4 is 0 Å². The first-order valence-electron chi connectivity index (χ1n) is 6.20. The molecule has 0 fully saturated rings. The van der Waals surface area contributed by atoms with E-state index < -0.39 is 0 Å². The van der Waals surface area contributed by atoms with E-state index in [9.17, 15) is 5.11 Å². The molecule has 1 heterocycles. The zero-order valence-corrected chi connectivity index (χ0v) is 10.7. The summed E-state index contributed by atoms with van der Waals surface area (Å²) < 4.78 is 0. The fourth-order valence-electron chi connectivity index (χ4n) is 2.30. The van der Waals surface area contributed by atoms with Crippen LogP contribution in [0.1, 0.15) is 11.1 Å². The van der Waals surface area contributed by atoms with E-state index in [0.717, 1.165) is 33.3 Å². The maximum atomic E-state index is 9.34. The van der Waals surface area contributed by atoms with Crippen molar-refractivity contribution in [3.63, 3.8) is 0 Å². The second-order valence-electron chi connectivity index (χ2n) is 4.51. The molecule has 0 aliphatic carbocycles. The Morgan fingerprint density at radius 3 is 2.58 bits per heavy atom. The van der Waals surface area contributed by atoms with E-state index in [1.807, 2.05) is 37.3 Å². The predicted octanol–water partition coefficient (Wildman–Crippen LogP) is 3.10. The molecule has 0 saturated carbocycles. The van der Waals surface area contributed by atoms with Gasteiger partial charge in [0.1, 0.15) is 0 Å². The Labute approximate surface area is 111 Å². The molecule has 3 rings (SSSR count). The molecular weight excluding hydrogens is 236 g/mol. The van der Waals surface area contributed by atoms with E-state index in [0.29, 0.717) is 0 Å². The van der Waals surface area contributed by atoms with Crippen LogP contribution in [0.5, 0.6) is 0 Å². The summed E-state index contributed by atoms with van der Waals surface area (Å²) in [5.41, 5.74) is 6.06. The van der Waals surface area contributed by atoms with Crippen molar-refractivity contribution >= 4 is 11.0 Å². The lowest BCUT2D eigenvalue weighted by atomic mass is 9.96. The summed E-state index contributed by atoms with van der Waals surface area (Å²) in [6.07, 6.45) is 3.39. The second kappa shape index (κ2) is 4.78. The number of aromatic nitrogens is 2.